The molecule has 1 aliphatic rings. The van der Waals surface area contributed by atoms with Crippen LogP contribution in [0.3, 0.4) is 0 Å². The van der Waals surface area contributed by atoms with Crippen molar-refractivity contribution in [2.45, 2.75) is 39.0 Å². The zero-order chi connectivity index (χ0) is 12.8. The van der Waals surface area contributed by atoms with Gasteiger partial charge in [-0.25, -0.2) is 0 Å². The van der Waals surface area contributed by atoms with Crippen LogP contribution in [0.5, 0.6) is 0 Å². The van der Waals surface area contributed by atoms with Crippen LogP contribution in [-0.2, 0) is 12.8 Å². The molecule has 0 radical (unpaired) electrons. The lowest BCUT2D eigenvalue weighted by molar-refractivity contribution is 0.216. The third-order valence-electron chi connectivity index (χ3n) is 3.51. The molecule has 0 aliphatic carbocycles. The van der Waals surface area contributed by atoms with Crippen LogP contribution in [0.15, 0.2) is 16.7 Å². The quantitative estimate of drug-likeness (QED) is 0.752. The standard InChI is InChI=1S/C14H23N3O/c1-3-4-5-6-14-15-13(16-18-14)11-12-7-9-17(2)10-8-12/h4-5,12H,3,6-11H2,1-2H3. The maximum Gasteiger partial charge on any atom is 0.230 e. The lowest BCUT2D eigenvalue weighted by Gasteiger charge is -2.27. The van der Waals surface area contributed by atoms with Crippen molar-refractivity contribution >= 4 is 0 Å². The molecule has 2 rings (SSSR count). The van der Waals surface area contributed by atoms with Gasteiger partial charge < -0.3 is 9.42 Å². The number of nitrogens with zero attached hydrogens (tertiary/aromatic N) is 3. The van der Waals surface area contributed by atoms with Gasteiger partial charge in [-0.2, -0.15) is 4.98 Å². The predicted octanol–water partition coefficient (Wildman–Crippen LogP) is 2.46. The Hall–Kier alpha value is -1.16. The summed E-state index contributed by atoms with van der Waals surface area (Å²) in [6, 6.07) is 0. The highest BCUT2D eigenvalue weighted by Gasteiger charge is 2.19. The minimum atomic E-state index is 0.720. The molecule has 1 saturated heterocycles. The minimum absolute atomic E-state index is 0.720. The summed E-state index contributed by atoms with van der Waals surface area (Å²) in [5.74, 6) is 2.34. The molecule has 18 heavy (non-hydrogen) atoms. The van der Waals surface area contributed by atoms with Crippen LogP contribution < -0.4 is 0 Å². The first-order valence-electron chi connectivity index (χ1n) is 6.93. The second kappa shape index (κ2) is 6.69. The zero-order valence-corrected chi connectivity index (χ0v) is 11.4. The molecule has 0 unspecified atom stereocenters. The summed E-state index contributed by atoms with van der Waals surface area (Å²) in [7, 11) is 2.18. The van der Waals surface area contributed by atoms with Crippen LogP contribution in [0.1, 0.15) is 37.9 Å². The summed E-state index contributed by atoms with van der Waals surface area (Å²) in [6.45, 7) is 4.50. The Balaban J connectivity index is 1.81. The van der Waals surface area contributed by atoms with E-state index in [9.17, 15) is 0 Å². The molecule has 100 valence electrons. The first kappa shape index (κ1) is 13.3. The summed E-state index contributed by atoms with van der Waals surface area (Å²) < 4.78 is 5.25. The third kappa shape index (κ3) is 3.95. The second-order valence-electron chi connectivity index (χ2n) is 5.14. The zero-order valence-electron chi connectivity index (χ0n) is 11.4. The lowest BCUT2D eigenvalue weighted by atomic mass is 9.94. The van der Waals surface area contributed by atoms with E-state index >= 15 is 0 Å². The Kier molecular flexibility index (Phi) is 4.93. The fourth-order valence-corrected chi connectivity index (χ4v) is 2.33. The van der Waals surface area contributed by atoms with Gasteiger partial charge in [0.05, 0.1) is 0 Å². The van der Waals surface area contributed by atoms with Crippen molar-refractivity contribution in [2.75, 3.05) is 20.1 Å². The van der Waals surface area contributed by atoms with Crippen molar-refractivity contribution in [1.29, 1.82) is 0 Å². The molecule has 1 aromatic rings. The number of hydrogen-bond acceptors (Lipinski definition) is 4. The topological polar surface area (TPSA) is 42.2 Å². The normalized spacial score (nSPS) is 18.8. The molecule has 0 N–H and O–H groups in total. The van der Waals surface area contributed by atoms with E-state index in [2.05, 4.69) is 41.2 Å². The Morgan fingerprint density at radius 2 is 2.11 bits per heavy atom. The van der Waals surface area contributed by atoms with Gasteiger partial charge in [-0.1, -0.05) is 24.2 Å². The molecule has 1 aromatic heterocycles. The van der Waals surface area contributed by atoms with E-state index in [0.29, 0.717) is 0 Å². The summed E-state index contributed by atoms with van der Waals surface area (Å²) in [5.41, 5.74) is 0. The van der Waals surface area contributed by atoms with E-state index in [1.54, 1.807) is 0 Å². The SMILES string of the molecule is CCC=CCc1nc(CC2CCN(C)CC2)no1. The summed E-state index contributed by atoms with van der Waals surface area (Å²) in [6.07, 6.45) is 9.49. The average molecular weight is 249 g/mol. The van der Waals surface area contributed by atoms with E-state index < -0.39 is 0 Å². The van der Waals surface area contributed by atoms with Gasteiger partial charge in [0, 0.05) is 12.8 Å². The molecule has 0 atom stereocenters. The Morgan fingerprint density at radius 1 is 1.33 bits per heavy atom. The fourth-order valence-electron chi connectivity index (χ4n) is 2.33. The fraction of sp³-hybridized carbons (Fsp3) is 0.714. The van der Waals surface area contributed by atoms with Gasteiger partial charge in [0.2, 0.25) is 5.89 Å². The van der Waals surface area contributed by atoms with Crippen molar-refractivity contribution in [3.63, 3.8) is 0 Å². The molecule has 0 spiro atoms. The Bertz CT molecular complexity index is 378. The highest BCUT2D eigenvalue weighted by molar-refractivity contribution is 4.95. The van der Waals surface area contributed by atoms with Gasteiger partial charge >= 0.3 is 0 Å². The van der Waals surface area contributed by atoms with Crippen molar-refractivity contribution in [3.8, 4) is 0 Å². The van der Waals surface area contributed by atoms with Crippen LogP contribution in [-0.4, -0.2) is 35.2 Å². The smallest absolute Gasteiger partial charge is 0.230 e. The van der Waals surface area contributed by atoms with E-state index in [-0.39, 0.29) is 0 Å². The van der Waals surface area contributed by atoms with Gasteiger partial charge in [0.15, 0.2) is 5.82 Å². The van der Waals surface area contributed by atoms with Gasteiger partial charge in [-0.05, 0) is 45.3 Å². The molecule has 2 heterocycles. The second-order valence-corrected chi connectivity index (χ2v) is 5.14. The number of hydrogen-bond donors (Lipinski definition) is 0. The molecule has 0 bridgehead atoms. The van der Waals surface area contributed by atoms with Gasteiger partial charge in [-0.3, -0.25) is 0 Å². The average Bonchev–Trinajstić information content (AvgIpc) is 2.80. The highest BCUT2D eigenvalue weighted by atomic mass is 16.5. The van der Waals surface area contributed by atoms with Crippen molar-refractivity contribution < 1.29 is 4.52 Å². The summed E-state index contributed by atoms with van der Waals surface area (Å²) in [5, 5.41) is 4.07. The van der Waals surface area contributed by atoms with Crippen LogP contribution in [0.4, 0.5) is 0 Å². The number of rotatable bonds is 5. The van der Waals surface area contributed by atoms with Crippen molar-refractivity contribution in [3.05, 3.63) is 23.9 Å². The molecule has 1 fully saturated rings. The van der Waals surface area contributed by atoms with Gasteiger partial charge in [0.1, 0.15) is 0 Å². The predicted molar refractivity (Wildman–Crippen MR) is 71.4 cm³/mol. The van der Waals surface area contributed by atoms with E-state index in [1.165, 1.54) is 25.9 Å². The first-order valence-corrected chi connectivity index (χ1v) is 6.93. The van der Waals surface area contributed by atoms with Crippen LogP contribution >= 0.6 is 0 Å². The van der Waals surface area contributed by atoms with Crippen molar-refractivity contribution in [1.82, 2.24) is 15.0 Å². The summed E-state index contributed by atoms with van der Waals surface area (Å²) >= 11 is 0. The Labute approximate surface area is 109 Å². The molecule has 0 saturated carbocycles. The first-order chi connectivity index (χ1) is 8.78. The number of piperidine rings is 1. The molecule has 4 heteroatoms. The highest BCUT2D eigenvalue weighted by Crippen LogP contribution is 2.19. The molecular weight excluding hydrogens is 226 g/mol. The number of likely N-dealkylation sites (tertiary alicyclic amines) is 1. The van der Waals surface area contributed by atoms with Gasteiger partial charge in [0.25, 0.3) is 0 Å². The monoisotopic (exact) mass is 249 g/mol. The molecule has 0 aromatic carbocycles. The maximum absolute atomic E-state index is 5.25. The molecule has 0 amide bonds. The van der Waals surface area contributed by atoms with Crippen LogP contribution in [0.25, 0.3) is 0 Å². The van der Waals surface area contributed by atoms with E-state index in [4.69, 9.17) is 4.52 Å². The molecular formula is C14H23N3O. The maximum atomic E-state index is 5.25. The van der Waals surface area contributed by atoms with E-state index in [1.807, 2.05) is 0 Å². The minimum Gasteiger partial charge on any atom is -0.339 e. The largest absolute Gasteiger partial charge is 0.339 e. The van der Waals surface area contributed by atoms with Crippen LogP contribution in [0, 0.1) is 5.92 Å². The number of aromatic nitrogens is 2. The summed E-state index contributed by atoms with van der Waals surface area (Å²) in [4.78, 5) is 6.84. The van der Waals surface area contributed by atoms with Crippen molar-refractivity contribution in [2.24, 2.45) is 5.92 Å². The molecule has 1 aliphatic heterocycles. The Morgan fingerprint density at radius 3 is 2.83 bits per heavy atom. The van der Waals surface area contributed by atoms with Gasteiger partial charge in [-0.15, -0.1) is 0 Å². The third-order valence-corrected chi connectivity index (χ3v) is 3.51. The van der Waals surface area contributed by atoms with Crippen LogP contribution in [0.2, 0.25) is 0 Å². The number of allylic oxidation sites excluding steroid dienone is 2. The lowest BCUT2D eigenvalue weighted by Crippen LogP contribution is -2.31. The van der Waals surface area contributed by atoms with E-state index in [0.717, 1.165) is 36.9 Å². The molecule has 4 nitrogen and oxygen atoms in total.